The lowest BCUT2D eigenvalue weighted by molar-refractivity contribution is -0.140. The van der Waals surface area contributed by atoms with Gasteiger partial charge in [-0.2, -0.15) is 0 Å². The van der Waals surface area contributed by atoms with Crippen LogP contribution in [-0.4, -0.2) is 29.7 Å². The summed E-state index contributed by atoms with van der Waals surface area (Å²) < 4.78 is 11.8. The van der Waals surface area contributed by atoms with Crippen molar-refractivity contribution in [2.45, 2.75) is 65.4 Å². The summed E-state index contributed by atoms with van der Waals surface area (Å²) in [6, 6.07) is 7.58. The number of ether oxygens (including phenoxy) is 2. The van der Waals surface area contributed by atoms with Crippen LogP contribution < -0.4 is 10.1 Å². The van der Waals surface area contributed by atoms with E-state index in [0.717, 1.165) is 48.0 Å². The van der Waals surface area contributed by atoms with Gasteiger partial charge in [-0.15, -0.1) is 0 Å². The molecule has 0 radical (unpaired) electrons. The van der Waals surface area contributed by atoms with Crippen LogP contribution in [-0.2, 0) is 9.53 Å². The zero-order valence-electron chi connectivity index (χ0n) is 17.0. The van der Waals surface area contributed by atoms with Crippen molar-refractivity contribution in [3.05, 3.63) is 30.5 Å². The Hall–Kier alpha value is -2.14. The number of benzene rings is 1. The number of nitrogens with one attached hydrogen (secondary N) is 1. The van der Waals surface area contributed by atoms with Gasteiger partial charge >= 0.3 is 0 Å². The maximum absolute atomic E-state index is 13.0. The van der Waals surface area contributed by atoms with Crippen LogP contribution in [0.25, 0.3) is 10.9 Å². The molecule has 27 heavy (non-hydrogen) atoms. The van der Waals surface area contributed by atoms with Gasteiger partial charge in [0.2, 0.25) is 0 Å². The highest BCUT2D eigenvalue weighted by molar-refractivity contribution is 6.05. The lowest BCUT2D eigenvalue weighted by Crippen LogP contribution is -2.43. The normalized spacial score (nSPS) is 13.3. The molecule has 0 fully saturated rings. The number of hydrogen-bond donors (Lipinski definition) is 1. The van der Waals surface area contributed by atoms with Crippen LogP contribution in [0, 0.1) is 0 Å². The Morgan fingerprint density at radius 1 is 1.11 bits per heavy atom. The molecule has 0 saturated carbocycles. The van der Waals surface area contributed by atoms with Crippen molar-refractivity contribution >= 4 is 22.5 Å². The standard InChI is InChI=1S/C22H32N2O3/c1-5-8-16-26-19-12-11-18(17-10-9-14-23-20(17)19)24-21(25)22(4,13-6-2)27-15-7-3/h9-12,14H,5-8,13,15-16H2,1-4H3,(H,24,25)/t22-/m1/s1. The van der Waals surface area contributed by atoms with Crippen molar-refractivity contribution < 1.29 is 14.3 Å². The van der Waals surface area contributed by atoms with Gasteiger partial charge in [-0.25, -0.2) is 0 Å². The summed E-state index contributed by atoms with van der Waals surface area (Å²) in [6.07, 6.45) is 6.24. The first-order chi connectivity index (χ1) is 13.1. The molecular formula is C22H32N2O3. The lowest BCUT2D eigenvalue weighted by Gasteiger charge is -2.28. The summed E-state index contributed by atoms with van der Waals surface area (Å²) in [7, 11) is 0. The zero-order valence-corrected chi connectivity index (χ0v) is 17.0. The highest BCUT2D eigenvalue weighted by Gasteiger charge is 2.33. The molecule has 0 aliphatic carbocycles. The Balaban J connectivity index is 2.27. The molecule has 1 atom stereocenters. The molecule has 1 amide bonds. The van der Waals surface area contributed by atoms with Crippen LogP contribution in [0.5, 0.6) is 5.75 Å². The Kier molecular flexibility index (Phi) is 8.04. The van der Waals surface area contributed by atoms with E-state index < -0.39 is 5.60 Å². The van der Waals surface area contributed by atoms with Crippen LogP contribution in [0.1, 0.15) is 59.8 Å². The smallest absolute Gasteiger partial charge is 0.256 e. The fourth-order valence-electron chi connectivity index (χ4n) is 3.01. The van der Waals surface area contributed by atoms with Crippen LogP contribution in [0.3, 0.4) is 0 Å². The molecule has 0 aliphatic heterocycles. The van der Waals surface area contributed by atoms with Gasteiger partial charge < -0.3 is 14.8 Å². The SMILES string of the molecule is CCCCOc1ccc(NC(=O)[C@@](C)(CCC)OCCC)c2cccnc12. The molecule has 0 saturated heterocycles. The first-order valence-electron chi connectivity index (χ1n) is 10.0. The van der Waals surface area contributed by atoms with E-state index in [-0.39, 0.29) is 5.91 Å². The Bertz CT molecular complexity index is 747. The van der Waals surface area contributed by atoms with E-state index in [1.165, 1.54) is 0 Å². The van der Waals surface area contributed by atoms with Crippen molar-refractivity contribution in [3.63, 3.8) is 0 Å². The van der Waals surface area contributed by atoms with E-state index in [4.69, 9.17) is 9.47 Å². The predicted octanol–water partition coefficient (Wildman–Crippen LogP) is 5.34. The average molecular weight is 373 g/mol. The molecule has 1 aromatic carbocycles. The predicted molar refractivity (Wildman–Crippen MR) is 110 cm³/mol. The van der Waals surface area contributed by atoms with Gasteiger partial charge in [-0.05, 0) is 50.5 Å². The molecule has 0 bridgehead atoms. The van der Waals surface area contributed by atoms with E-state index in [1.54, 1.807) is 6.20 Å². The van der Waals surface area contributed by atoms with Crippen LogP contribution >= 0.6 is 0 Å². The van der Waals surface area contributed by atoms with Gasteiger partial charge in [0, 0.05) is 18.2 Å². The van der Waals surface area contributed by atoms with Crippen LogP contribution in [0.2, 0.25) is 0 Å². The molecule has 148 valence electrons. The molecule has 5 nitrogen and oxygen atoms in total. The average Bonchev–Trinajstić information content (AvgIpc) is 2.68. The van der Waals surface area contributed by atoms with Gasteiger partial charge in [-0.1, -0.05) is 33.6 Å². The molecule has 0 spiro atoms. The second kappa shape index (κ2) is 10.3. The summed E-state index contributed by atoms with van der Waals surface area (Å²) in [5.41, 5.74) is 0.654. The summed E-state index contributed by atoms with van der Waals surface area (Å²) in [5.74, 6) is 0.623. The Morgan fingerprint density at radius 3 is 2.63 bits per heavy atom. The quantitative estimate of drug-likeness (QED) is 0.541. The Labute approximate surface area is 162 Å². The van der Waals surface area contributed by atoms with Gasteiger partial charge in [0.25, 0.3) is 5.91 Å². The van der Waals surface area contributed by atoms with Gasteiger partial charge in [0.1, 0.15) is 16.9 Å². The van der Waals surface area contributed by atoms with E-state index in [1.807, 2.05) is 38.1 Å². The van der Waals surface area contributed by atoms with Crippen LogP contribution in [0.4, 0.5) is 5.69 Å². The highest BCUT2D eigenvalue weighted by atomic mass is 16.5. The molecule has 2 aromatic rings. The number of unbranched alkanes of at least 4 members (excludes halogenated alkanes) is 1. The number of fused-ring (bicyclic) bond motifs is 1. The van der Waals surface area contributed by atoms with E-state index in [0.29, 0.717) is 19.6 Å². The lowest BCUT2D eigenvalue weighted by atomic mass is 9.98. The summed E-state index contributed by atoms with van der Waals surface area (Å²) >= 11 is 0. The second-order valence-corrected chi connectivity index (χ2v) is 7.00. The minimum absolute atomic E-state index is 0.123. The number of nitrogens with zero attached hydrogens (tertiary/aromatic N) is 1. The third-order valence-corrected chi connectivity index (χ3v) is 4.57. The number of hydrogen-bond acceptors (Lipinski definition) is 4. The fraction of sp³-hybridized carbons (Fsp3) is 0.545. The van der Waals surface area contributed by atoms with Crippen molar-refractivity contribution in [2.75, 3.05) is 18.5 Å². The molecule has 1 N–H and O–H groups in total. The molecule has 1 heterocycles. The Morgan fingerprint density at radius 2 is 1.93 bits per heavy atom. The molecule has 2 rings (SSSR count). The van der Waals surface area contributed by atoms with Gasteiger partial charge in [-0.3, -0.25) is 9.78 Å². The minimum atomic E-state index is -0.838. The van der Waals surface area contributed by atoms with Gasteiger partial charge in [0.05, 0.1) is 12.3 Å². The van der Waals surface area contributed by atoms with Crippen molar-refractivity contribution in [2.24, 2.45) is 0 Å². The number of pyridine rings is 1. The third kappa shape index (κ3) is 5.42. The zero-order chi connectivity index (χ0) is 19.7. The molecule has 0 aliphatic rings. The number of anilines is 1. The summed E-state index contributed by atoms with van der Waals surface area (Å²) in [4.78, 5) is 17.5. The monoisotopic (exact) mass is 372 g/mol. The number of carbonyl (C=O) groups excluding carboxylic acids is 1. The number of amides is 1. The third-order valence-electron chi connectivity index (χ3n) is 4.57. The topological polar surface area (TPSA) is 60.5 Å². The first kappa shape index (κ1) is 21.2. The molecule has 0 unspecified atom stereocenters. The maximum Gasteiger partial charge on any atom is 0.256 e. The fourth-order valence-corrected chi connectivity index (χ4v) is 3.01. The molecule has 5 heteroatoms. The second-order valence-electron chi connectivity index (χ2n) is 7.00. The minimum Gasteiger partial charge on any atom is -0.491 e. The largest absolute Gasteiger partial charge is 0.491 e. The first-order valence-corrected chi connectivity index (χ1v) is 10.0. The number of aromatic nitrogens is 1. The number of rotatable bonds is 11. The van der Waals surface area contributed by atoms with Gasteiger partial charge in [0.15, 0.2) is 0 Å². The van der Waals surface area contributed by atoms with E-state index in [9.17, 15) is 4.79 Å². The summed E-state index contributed by atoms with van der Waals surface area (Å²) in [6.45, 7) is 9.32. The molecular weight excluding hydrogens is 340 g/mol. The molecule has 1 aromatic heterocycles. The number of carbonyl (C=O) groups is 1. The highest BCUT2D eigenvalue weighted by Crippen LogP contribution is 2.31. The van der Waals surface area contributed by atoms with Crippen molar-refractivity contribution in [1.82, 2.24) is 4.98 Å². The van der Waals surface area contributed by atoms with E-state index >= 15 is 0 Å². The summed E-state index contributed by atoms with van der Waals surface area (Å²) in [5, 5.41) is 3.92. The van der Waals surface area contributed by atoms with E-state index in [2.05, 4.69) is 24.1 Å². The maximum atomic E-state index is 13.0. The van der Waals surface area contributed by atoms with Crippen molar-refractivity contribution in [3.8, 4) is 5.75 Å². The van der Waals surface area contributed by atoms with Crippen molar-refractivity contribution in [1.29, 1.82) is 0 Å². The van der Waals surface area contributed by atoms with Crippen LogP contribution in [0.15, 0.2) is 30.5 Å².